The van der Waals surface area contributed by atoms with Gasteiger partial charge in [0.2, 0.25) is 0 Å². The van der Waals surface area contributed by atoms with Crippen molar-refractivity contribution in [3.8, 4) is 5.75 Å². The van der Waals surface area contributed by atoms with E-state index in [-0.39, 0.29) is 12.5 Å². The molecule has 5 heteroatoms. The van der Waals surface area contributed by atoms with Crippen LogP contribution in [0.5, 0.6) is 5.75 Å². The van der Waals surface area contributed by atoms with Gasteiger partial charge in [-0.3, -0.25) is 4.79 Å². The number of nitrogens with one attached hydrogen (secondary N) is 1. The van der Waals surface area contributed by atoms with Crippen molar-refractivity contribution in [3.63, 3.8) is 0 Å². The van der Waals surface area contributed by atoms with Gasteiger partial charge in [0.15, 0.2) is 6.61 Å². The van der Waals surface area contributed by atoms with Crippen molar-refractivity contribution in [1.29, 1.82) is 0 Å². The van der Waals surface area contributed by atoms with Gasteiger partial charge in [-0.1, -0.05) is 42.0 Å². The fourth-order valence-corrected chi connectivity index (χ4v) is 2.12. The van der Waals surface area contributed by atoms with Crippen LogP contribution in [0.4, 0.5) is 0 Å². The molecule has 0 radical (unpaired) electrons. The second kappa shape index (κ2) is 9.27. The minimum absolute atomic E-state index is 0.312. The summed E-state index contributed by atoms with van der Waals surface area (Å²) in [6.45, 7) is 2.02. The van der Waals surface area contributed by atoms with E-state index >= 15 is 0 Å². The number of rotatable bonds is 7. The number of carbonyl (C=O) groups excluding carboxylic acids is 2. The van der Waals surface area contributed by atoms with Crippen molar-refractivity contribution in [3.05, 3.63) is 71.3 Å². The van der Waals surface area contributed by atoms with Crippen molar-refractivity contribution in [2.45, 2.75) is 13.5 Å². The SMILES string of the molecule is COc1ccc(CNC(=O)COC(=O)/C=C/c2cccc(C)c2)cc1. The molecule has 0 aromatic heterocycles. The largest absolute Gasteiger partial charge is 0.497 e. The molecule has 130 valence electrons. The number of benzene rings is 2. The molecule has 0 saturated heterocycles. The molecule has 5 nitrogen and oxygen atoms in total. The molecular formula is C20H21NO4. The smallest absolute Gasteiger partial charge is 0.331 e. The van der Waals surface area contributed by atoms with Crippen LogP contribution in [-0.2, 0) is 20.9 Å². The molecule has 2 aromatic carbocycles. The van der Waals surface area contributed by atoms with E-state index in [1.165, 1.54) is 6.08 Å². The normalized spacial score (nSPS) is 10.5. The number of hydrogen-bond donors (Lipinski definition) is 1. The van der Waals surface area contributed by atoms with E-state index in [9.17, 15) is 9.59 Å². The molecule has 0 aliphatic rings. The second-order valence-electron chi connectivity index (χ2n) is 5.48. The fraction of sp³-hybridized carbons (Fsp3) is 0.200. The number of hydrogen-bond acceptors (Lipinski definition) is 4. The molecule has 0 spiro atoms. The van der Waals surface area contributed by atoms with Crippen molar-refractivity contribution >= 4 is 18.0 Å². The maximum atomic E-state index is 11.7. The van der Waals surface area contributed by atoms with Crippen LogP contribution < -0.4 is 10.1 Å². The second-order valence-corrected chi connectivity index (χ2v) is 5.48. The highest BCUT2D eigenvalue weighted by Gasteiger charge is 2.05. The summed E-state index contributed by atoms with van der Waals surface area (Å²) < 4.78 is 9.99. The van der Waals surface area contributed by atoms with E-state index in [4.69, 9.17) is 9.47 Å². The van der Waals surface area contributed by atoms with E-state index in [1.807, 2.05) is 55.5 Å². The molecule has 0 unspecified atom stereocenters. The molecule has 25 heavy (non-hydrogen) atoms. The van der Waals surface area contributed by atoms with Crippen LogP contribution >= 0.6 is 0 Å². The quantitative estimate of drug-likeness (QED) is 0.622. The van der Waals surface area contributed by atoms with Gasteiger partial charge in [0.1, 0.15) is 5.75 Å². The molecule has 0 fully saturated rings. The zero-order chi connectivity index (χ0) is 18.1. The van der Waals surface area contributed by atoms with Gasteiger partial charge in [0.05, 0.1) is 7.11 Å². The Bertz CT molecular complexity index is 751. The van der Waals surface area contributed by atoms with Gasteiger partial charge < -0.3 is 14.8 Å². The molecule has 0 saturated carbocycles. The molecule has 2 aromatic rings. The fourth-order valence-electron chi connectivity index (χ4n) is 2.12. The zero-order valence-corrected chi connectivity index (χ0v) is 14.3. The third-order valence-corrected chi connectivity index (χ3v) is 3.45. The Balaban J connectivity index is 1.72. The standard InChI is InChI=1S/C20H21NO4/c1-15-4-3-5-16(12-15)8-11-20(23)25-14-19(22)21-13-17-6-9-18(24-2)10-7-17/h3-12H,13-14H2,1-2H3,(H,21,22)/b11-8+. The summed E-state index contributed by atoms with van der Waals surface area (Å²) in [5.41, 5.74) is 2.94. The molecule has 0 aliphatic heterocycles. The van der Waals surface area contributed by atoms with Gasteiger partial charge in [0, 0.05) is 12.6 Å². The van der Waals surface area contributed by atoms with Crippen molar-refractivity contribution in [2.75, 3.05) is 13.7 Å². The Morgan fingerprint density at radius 2 is 1.88 bits per heavy atom. The Hall–Kier alpha value is -3.08. The molecule has 1 N–H and O–H groups in total. The molecule has 1 amide bonds. The van der Waals surface area contributed by atoms with Gasteiger partial charge in [-0.15, -0.1) is 0 Å². The summed E-state index contributed by atoms with van der Waals surface area (Å²) in [7, 11) is 1.60. The molecule has 0 heterocycles. The van der Waals surface area contributed by atoms with Crippen LogP contribution in [0.25, 0.3) is 6.08 Å². The summed E-state index contributed by atoms with van der Waals surface area (Å²) in [5, 5.41) is 2.69. The number of aryl methyl sites for hydroxylation is 1. The van der Waals surface area contributed by atoms with Crippen LogP contribution in [0.15, 0.2) is 54.6 Å². The van der Waals surface area contributed by atoms with E-state index in [0.717, 1.165) is 22.4 Å². The zero-order valence-electron chi connectivity index (χ0n) is 14.3. The van der Waals surface area contributed by atoms with Crippen molar-refractivity contribution < 1.29 is 19.1 Å². The molecule has 2 rings (SSSR count). The van der Waals surface area contributed by atoms with Crippen molar-refractivity contribution in [2.24, 2.45) is 0 Å². The topological polar surface area (TPSA) is 64.6 Å². The van der Waals surface area contributed by atoms with E-state index in [1.54, 1.807) is 13.2 Å². The summed E-state index contributed by atoms with van der Waals surface area (Å²) in [6, 6.07) is 15.1. The molecular weight excluding hydrogens is 318 g/mol. The summed E-state index contributed by atoms with van der Waals surface area (Å²) >= 11 is 0. The average molecular weight is 339 g/mol. The van der Waals surface area contributed by atoms with Gasteiger partial charge >= 0.3 is 5.97 Å². The van der Waals surface area contributed by atoms with E-state index in [0.29, 0.717) is 6.54 Å². The first-order valence-corrected chi connectivity index (χ1v) is 7.88. The van der Waals surface area contributed by atoms with Crippen LogP contribution in [0.1, 0.15) is 16.7 Å². The summed E-state index contributed by atoms with van der Waals surface area (Å²) in [5.74, 6) is -0.154. The number of methoxy groups -OCH3 is 1. The lowest BCUT2D eigenvalue weighted by atomic mass is 10.1. The lowest BCUT2D eigenvalue weighted by Gasteiger charge is -2.06. The monoisotopic (exact) mass is 339 g/mol. The highest BCUT2D eigenvalue weighted by Crippen LogP contribution is 2.10. The van der Waals surface area contributed by atoms with Gasteiger partial charge in [-0.2, -0.15) is 0 Å². The number of carbonyl (C=O) groups is 2. The number of esters is 1. The van der Waals surface area contributed by atoms with Crippen molar-refractivity contribution in [1.82, 2.24) is 5.32 Å². The number of ether oxygens (including phenoxy) is 2. The Morgan fingerprint density at radius 1 is 1.12 bits per heavy atom. The lowest BCUT2D eigenvalue weighted by Crippen LogP contribution is -2.28. The van der Waals surface area contributed by atoms with Gasteiger partial charge in [-0.25, -0.2) is 4.79 Å². The minimum Gasteiger partial charge on any atom is -0.497 e. The van der Waals surface area contributed by atoms with E-state index in [2.05, 4.69) is 5.32 Å². The molecule has 0 aliphatic carbocycles. The van der Waals surface area contributed by atoms with Gasteiger partial charge in [0.25, 0.3) is 5.91 Å². The molecule has 0 atom stereocenters. The van der Waals surface area contributed by atoms with Crippen LogP contribution in [-0.4, -0.2) is 25.6 Å². The first-order valence-electron chi connectivity index (χ1n) is 7.88. The van der Waals surface area contributed by atoms with Crippen LogP contribution in [0.2, 0.25) is 0 Å². The Labute approximate surface area is 147 Å². The average Bonchev–Trinajstić information content (AvgIpc) is 2.63. The van der Waals surface area contributed by atoms with Crippen LogP contribution in [0, 0.1) is 6.92 Å². The maximum Gasteiger partial charge on any atom is 0.331 e. The number of amides is 1. The Morgan fingerprint density at radius 3 is 2.56 bits per heavy atom. The highest BCUT2D eigenvalue weighted by molar-refractivity contribution is 5.89. The first-order chi connectivity index (χ1) is 12.1. The van der Waals surface area contributed by atoms with Crippen LogP contribution in [0.3, 0.4) is 0 Å². The molecule has 0 bridgehead atoms. The van der Waals surface area contributed by atoms with Gasteiger partial charge in [-0.05, 0) is 36.3 Å². The maximum absolute atomic E-state index is 11.7. The highest BCUT2D eigenvalue weighted by atomic mass is 16.5. The Kier molecular flexibility index (Phi) is 6.77. The van der Waals surface area contributed by atoms with E-state index < -0.39 is 5.97 Å². The predicted octanol–water partition coefficient (Wildman–Crippen LogP) is 2.88. The predicted molar refractivity (Wildman–Crippen MR) is 96.0 cm³/mol. The summed E-state index contributed by atoms with van der Waals surface area (Å²) in [4.78, 5) is 23.4. The minimum atomic E-state index is -0.555. The third-order valence-electron chi connectivity index (χ3n) is 3.45. The lowest BCUT2D eigenvalue weighted by molar-refractivity contribution is -0.143. The summed E-state index contributed by atoms with van der Waals surface area (Å²) in [6.07, 6.45) is 2.97. The third kappa shape index (κ3) is 6.51. The first kappa shape index (κ1) is 18.3.